The summed E-state index contributed by atoms with van der Waals surface area (Å²) in [4.78, 5) is 26.9. The van der Waals surface area contributed by atoms with Gasteiger partial charge in [-0.15, -0.1) is 11.3 Å². The number of likely N-dealkylation sites (tertiary alicyclic amines) is 1. The fourth-order valence-electron chi connectivity index (χ4n) is 2.62. The number of rotatable bonds is 6. The number of thiophene rings is 1. The number of piperidine rings is 1. The molecule has 1 aliphatic heterocycles. The summed E-state index contributed by atoms with van der Waals surface area (Å²) in [6.07, 6.45) is 2.77. The van der Waals surface area contributed by atoms with Crippen LogP contribution in [0.4, 0.5) is 0 Å². The van der Waals surface area contributed by atoms with Crippen LogP contribution in [0.1, 0.15) is 37.5 Å². The van der Waals surface area contributed by atoms with Gasteiger partial charge in [0.05, 0.1) is 6.61 Å². The summed E-state index contributed by atoms with van der Waals surface area (Å²) in [6, 6.07) is 4.10. The summed E-state index contributed by atoms with van der Waals surface area (Å²) in [7, 11) is 0. The van der Waals surface area contributed by atoms with E-state index in [1.165, 1.54) is 4.88 Å². The quantitative estimate of drug-likeness (QED) is 0.812. The van der Waals surface area contributed by atoms with Crippen LogP contribution >= 0.6 is 11.3 Å². The van der Waals surface area contributed by atoms with Crippen molar-refractivity contribution in [3.63, 3.8) is 0 Å². The number of ether oxygens (including phenoxy) is 1. The van der Waals surface area contributed by atoms with Crippen molar-refractivity contribution in [2.45, 2.75) is 44.6 Å². The van der Waals surface area contributed by atoms with E-state index in [1.54, 1.807) is 23.2 Å². The Morgan fingerprint density at radius 3 is 2.73 bits per heavy atom. The number of amides is 1. The molecule has 0 unspecified atom stereocenters. The molecule has 0 radical (unpaired) electrons. The van der Waals surface area contributed by atoms with Gasteiger partial charge in [-0.05, 0) is 31.2 Å². The number of aliphatic hydroxyl groups is 1. The van der Waals surface area contributed by atoms with E-state index in [4.69, 9.17) is 4.74 Å². The molecule has 1 fully saturated rings. The molecule has 22 heavy (non-hydrogen) atoms. The minimum Gasteiger partial charge on any atom is -0.464 e. The summed E-state index contributed by atoms with van der Waals surface area (Å²) in [5, 5.41) is 12.3. The lowest BCUT2D eigenvalue weighted by Gasteiger charge is -2.36. The van der Waals surface area contributed by atoms with Crippen molar-refractivity contribution in [3.05, 3.63) is 22.4 Å². The van der Waals surface area contributed by atoms with E-state index in [2.05, 4.69) is 6.07 Å². The molecule has 0 atom stereocenters. The van der Waals surface area contributed by atoms with E-state index < -0.39 is 11.6 Å². The number of carbonyl (C=O) groups is 2. The highest BCUT2D eigenvalue weighted by molar-refractivity contribution is 7.09. The van der Waals surface area contributed by atoms with Crippen LogP contribution in [0.15, 0.2) is 17.5 Å². The molecule has 2 heterocycles. The van der Waals surface area contributed by atoms with Gasteiger partial charge in [0, 0.05) is 37.2 Å². The maximum Gasteiger partial charge on any atom is 0.338 e. The molecule has 1 aromatic rings. The molecule has 0 aromatic carbocycles. The van der Waals surface area contributed by atoms with Crippen molar-refractivity contribution < 1.29 is 19.4 Å². The molecule has 0 bridgehead atoms. The van der Waals surface area contributed by atoms with Gasteiger partial charge in [0.15, 0.2) is 5.60 Å². The molecular weight excluding hydrogens is 302 g/mol. The van der Waals surface area contributed by atoms with Crippen LogP contribution in [0.3, 0.4) is 0 Å². The van der Waals surface area contributed by atoms with E-state index in [-0.39, 0.29) is 25.4 Å². The second-order valence-corrected chi connectivity index (χ2v) is 6.60. The molecule has 0 spiro atoms. The van der Waals surface area contributed by atoms with Crippen LogP contribution in [0.25, 0.3) is 0 Å². The van der Waals surface area contributed by atoms with Crippen LogP contribution in [0, 0.1) is 0 Å². The molecule has 0 saturated carbocycles. The number of esters is 1. The molecule has 122 valence electrons. The van der Waals surface area contributed by atoms with E-state index in [1.807, 2.05) is 11.4 Å². The van der Waals surface area contributed by atoms with Gasteiger partial charge in [0.1, 0.15) is 0 Å². The van der Waals surface area contributed by atoms with Gasteiger partial charge >= 0.3 is 5.97 Å². The second-order valence-electron chi connectivity index (χ2n) is 5.57. The maximum atomic E-state index is 12.2. The topological polar surface area (TPSA) is 66.8 Å². The molecular formula is C16H23NO4S. The summed E-state index contributed by atoms with van der Waals surface area (Å²) in [5.74, 6) is -0.470. The van der Waals surface area contributed by atoms with Crippen molar-refractivity contribution in [2.24, 2.45) is 0 Å². The van der Waals surface area contributed by atoms with Crippen LogP contribution in [0.2, 0.25) is 0 Å². The summed E-state index contributed by atoms with van der Waals surface area (Å²) in [6.45, 7) is 2.79. The van der Waals surface area contributed by atoms with Crippen molar-refractivity contribution in [3.8, 4) is 0 Å². The Bertz CT molecular complexity index is 492. The zero-order valence-electron chi connectivity index (χ0n) is 12.9. The Balaban J connectivity index is 1.73. The fourth-order valence-corrected chi connectivity index (χ4v) is 3.37. The summed E-state index contributed by atoms with van der Waals surface area (Å²) in [5.41, 5.74) is -1.43. The van der Waals surface area contributed by atoms with Crippen LogP contribution in [-0.2, 0) is 20.7 Å². The number of carbonyl (C=O) groups excluding carboxylic acids is 2. The van der Waals surface area contributed by atoms with E-state index in [9.17, 15) is 14.7 Å². The maximum absolute atomic E-state index is 12.2. The van der Waals surface area contributed by atoms with Crippen LogP contribution in [-0.4, -0.2) is 47.2 Å². The Kier molecular flexibility index (Phi) is 5.97. The predicted molar refractivity (Wildman–Crippen MR) is 84.7 cm³/mol. The van der Waals surface area contributed by atoms with Gasteiger partial charge < -0.3 is 14.7 Å². The fraction of sp³-hybridized carbons (Fsp3) is 0.625. The average molecular weight is 325 g/mol. The van der Waals surface area contributed by atoms with Crippen molar-refractivity contribution in [1.29, 1.82) is 0 Å². The Hall–Kier alpha value is -1.40. The second kappa shape index (κ2) is 7.74. The van der Waals surface area contributed by atoms with Crippen molar-refractivity contribution >= 4 is 23.2 Å². The molecule has 1 saturated heterocycles. The predicted octanol–water partition coefficient (Wildman–Crippen LogP) is 1.99. The third kappa shape index (κ3) is 4.30. The van der Waals surface area contributed by atoms with Crippen LogP contribution in [0.5, 0.6) is 0 Å². The minimum atomic E-state index is -1.43. The number of aryl methyl sites for hydroxylation is 1. The molecule has 5 nitrogen and oxygen atoms in total. The molecule has 6 heteroatoms. The minimum absolute atomic E-state index is 0.0995. The van der Waals surface area contributed by atoms with E-state index in [0.717, 1.165) is 12.8 Å². The smallest absolute Gasteiger partial charge is 0.338 e. The van der Waals surface area contributed by atoms with E-state index >= 15 is 0 Å². The summed E-state index contributed by atoms with van der Waals surface area (Å²) >= 11 is 1.71. The Labute approximate surface area is 134 Å². The first-order chi connectivity index (χ1) is 10.5. The largest absolute Gasteiger partial charge is 0.464 e. The van der Waals surface area contributed by atoms with Crippen LogP contribution < -0.4 is 0 Å². The average Bonchev–Trinajstić information content (AvgIpc) is 3.01. The lowest BCUT2D eigenvalue weighted by molar-refractivity contribution is -0.171. The van der Waals surface area contributed by atoms with Gasteiger partial charge in [-0.2, -0.15) is 0 Å². The first kappa shape index (κ1) is 17.0. The van der Waals surface area contributed by atoms with Gasteiger partial charge in [0.25, 0.3) is 0 Å². The first-order valence-corrected chi connectivity index (χ1v) is 8.63. The third-order valence-electron chi connectivity index (χ3n) is 3.99. The Morgan fingerprint density at radius 1 is 1.41 bits per heavy atom. The van der Waals surface area contributed by atoms with Gasteiger partial charge in [-0.25, -0.2) is 4.79 Å². The molecule has 1 aliphatic rings. The van der Waals surface area contributed by atoms with Gasteiger partial charge in [0.2, 0.25) is 5.91 Å². The van der Waals surface area contributed by atoms with Crippen molar-refractivity contribution in [1.82, 2.24) is 4.90 Å². The monoisotopic (exact) mass is 325 g/mol. The van der Waals surface area contributed by atoms with Gasteiger partial charge in [-0.1, -0.05) is 6.07 Å². The number of hydrogen-bond donors (Lipinski definition) is 1. The molecule has 1 amide bonds. The van der Waals surface area contributed by atoms with Crippen molar-refractivity contribution in [2.75, 3.05) is 19.7 Å². The molecule has 2 rings (SSSR count). The molecule has 1 aromatic heterocycles. The standard InChI is InChI=1S/C16H23NO4S/c1-2-21-15(19)16(20)8-10-17(11-9-16)14(18)7-3-5-13-6-4-12-22-13/h4,6,12,20H,2-3,5,7-11H2,1H3. The van der Waals surface area contributed by atoms with Gasteiger partial charge in [-0.3, -0.25) is 4.79 Å². The Morgan fingerprint density at radius 2 is 2.14 bits per heavy atom. The SMILES string of the molecule is CCOC(=O)C1(O)CCN(C(=O)CCCc2cccs2)CC1. The lowest BCUT2D eigenvalue weighted by Crippen LogP contribution is -2.51. The zero-order valence-corrected chi connectivity index (χ0v) is 13.7. The highest BCUT2D eigenvalue weighted by atomic mass is 32.1. The molecule has 0 aliphatic carbocycles. The number of hydrogen-bond acceptors (Lipinski definition) is 5. The number of nitrogens with zero attached hydrogens (tertiary/aromatic N) is 1. The highest BCUT2D eigenvalue weighted by Gasteiger charge is 2.41. The third-order valence-corrected chi connectivity index (χ3v) is 4.93. The van der Waals surface area contributed by atoms with E-state index in [0.29, 0.717) is 19.5 Å². The first-order valence-electron chi connectivity index (χ1n) is 7.75. The molecule has 1 N–H and O–H groups in total. The summed E-state index contributed by atoms with van der Waals surface area (Å²) < 4.78 is 4.90. The normalized spacial score (nSPS) is 17.3. The highest BCUT2D eigenvalue weighted by Crippen LogP contribution is 2.24. The zero-order chi connectivity index (χ0) is 16.0. The lowest BCUT2D eigenvalue weighted by atomic mass is 9.91.